The van der Waals surface area contributed by atoms with E-state index < -0.39 is 0 Å². The van der Waals surface area contributed by atoms with Crippen LogP contribution in [-0.4, -0.2) is 17.6 Å². The molecule has 0 amide bonds. The number of hydrogen-bond donors (Lipinski definition) is 2. The second kappa shape index (κ2) is 5.37. The minimum absolute atomic E-state index is 0.0510. The summed E-state index contributed by atoms with van der Waals surface area (Å²) in [7, 11) is 0. The summed E-state index contributed by atoms with van der Waals surface area (Å²) in [4.78, 5) is 2.05. The number of benzene rings is 2. The van der Waals surface area contributed by atoms with E-state index >= 15 is 0 Å². The first-order chi connectivity index (χ1) is 10.1. The van der Waals surface area contributed by atoms with Crippen LogP contribution in [0.3, 0.4) is 0 Å². The Bertz CT molecular complexity index is 733. The topological polar surface area (TPSA) is 61.9 Å². The predicted octanol–water partition coefficient (Wildman–Crippen LogP) is 3.38. The van der Waals surface area contributed by atoms with E-state index in [1.54, 1.807) is 18.2 Å². The Morgan fingerprint density at radius 1 is 1.24 bits per heavy atom. The second-order valence-corrected chi connectivity index (χ2v) is 5.68. The molecule has 6 heteroatoms. The summed E-state index contributed by atoms with van der Waals surface area (Å²) in [6, 6.07) is 10.3. The van der Waals surface area contributed by atoms with E-state index in [4.69, 9.17) is 10.9 Å². The number of fused-ring (bicyclic) bond motifs is 1. The zero-order valence-electron chi connectivity index (χ0n) is 11.1. The number of nitrogens with zero attached hydrogens (tertiary/aromatic N) is 2. The SMILES string of the molecule is N/C(=N/O)c1ccc(N2CCc3ccc(F)cc32)c(Br)c1. The van der Waals surface area contributed by atoms with Crippen molar-refractivity contribution in [3.05, 3.63) is 57.8 Å². The fourth-order valence-electron chi connectivity index (χ4n) is 2.55. The van der Waals surface area contributed by atoms with Crippen molar-refractivity contribution in [1.29, 1.82) is 0 Å². The maximum atomic E-state index is 13.5. The van der Waals surface area contributed by atoms with E-state index in [9.17, 15) is 4.39 Å². The quantitative estimate of drug-likeness (QED) is 0.378. The number of oxime groups is 1. The lowest BCUT2D eigenvalue weighted by atomic mass is 10.1. The lowest BCUT2D eigenvalue weighted by Gasteiger charge is -2.21. The lowest BCUT2D eigenvalue weighted by Crippen LogP contribution is -2.16. The highest BCUT2D eigenvalue weighted by molar-refractivity contribution is 9.10. The molecule has 2 aromatic carbocycles. The molecule has 2 aromatic rings. The average Bonchev–Trinajstić information content (AvgIpc) is 2.89. The van der Waals surface area contributed by atoms with Gasteiger partial charge in [-0.3, -0.25) is 0 Å². The summed E-state index contributed by atoms with van der Waals surface area (Å²) in [6.07, 6.45) is 0.879. The lowest BCUT2D eigenvalue weighted by molar-refractivity contribution is 0.318. The van der Waals surface area contributed by atoms with Gasteiger partial charge in [0.2, 0.25) is 0 Å². The number of anilines is 2. The van der Waals surface area contributed by atoms with Gasteiger partial charge in [-0.2, -0.15) is 0 Å². The van der Waals surface area contributed by atoms with Crippen LogP contribution in [0.1, 0.15) is 11.1 Å². The zero-order valence-corrected chi connectivity index (χ0v) is 12.6. The minimum Gasteiger partial charge on any atom is -0.409 e. The Labute approximate surface area is 129 Å². The Morgan fingerprint density at radius 3 is 2.76 bits per heavy atom. The molecule has 0 aliphatic carbocycles. The molecule has 3 rings (SSSR count). The molecule has 0 saturated heterocycles. The Morgan fingerprint density at radius 2 is 2.05 bits per heavy atom. The molecule has 4 nitrogen and oxygen atoms in total. The molecule has 21 heavy (non-hydrogen) atoms. The summed E-state index contributed by atoms with van der Waals surface area (Å²) >= 11 is 3.50. The Balaban J connectivity index is 2.02. The molecule has 1 aliphatic rings. The molecular formula is C15H13BrFN3O. The normalized spacial score (nSPS) is 14.4. The van der Waals surface area contributed by atoms with E-state index in [1.165, 1.54) is 6.07 Å². The first-order valence-corrected chi connectivity index (χ1v) is 7.23. The van der Waals surface area contributed by atoms with Crippen molar-refractivity contribution < 1.29 is 9.60 Å². The Hall–Kier alpha value is -2.08. The fourth-order valence-corrected chi connectivity index (χ4v) is 3.14. The third-order valence-corrected chi connectivity index (χ3v) is 4.22. The van der Waals surface area contributed by atoms with Crippen molar-refractivity contribution >= 4 is 33.1 Å². The van der Waals surface area contributed by atoms with Crippen LogP contribution >= 0.6 is 15.9 Å². The van der Waals surface area contributed by atoms with Gasteiger partial charge in [-0.25, -0.2) is 4.39 Å². The minimum atomic E-state index is -0.245. The van der Waals surface area contributed by atoms with Crippen LogP contribution in [-0.2, 0) is 6.42 Å². The molecule has 0 aromatic heterocycles. The van der Waals surface area contributed by atoms with Crippen molar-refractivity contribution in [3.63, 3.8) is 0 Å². The van der Waals surface area contributed by atoms with Crippen LogP contribution in [0.25, 0.3) is 0 Å². The van der Waals surface area contributed by atoms with Gasteiger partial charge in [0.1, 0.15) is 5.82 Å². The van der Waals surface area contributed by atoms with Crippen LogP contribution in [0.15, 0.2) is 46.0 Å². The number of amidine groups is 1. The van der Waals surface area contributed by atoms with Gasteiger partial charge in [0.25, 0.3) is 0 Å². The van der Waals surface area contributed by atoms with Gasteiger partial charge >= 0.3 is 0 Å². The number of rotatable bonds is 2. The molecule has 1 heterocycles. The summed E-state index contributed by atoms with van der Waals surface area (Å²) in [6.45, 7) is 0.792. The van der Waals surface area contributed by atoms with Crippen molar-refractivity contribution in [2.24, 2.45) is 10.9 Å². The van der Waals surface area contributed by atoms with E-state index in [-0.39, 0.29) is 11.7 Å². The first-order valence-electron chi connectivity index (χ1n) is 6.43. The summed E-state index contributed by atoms with van der Waals surface area (Å²) in [5.41, 5.74) is 9.13. The van der Waals surface area contributed by atoms with Crippen molar-refractivity contribution in [3.8, 4) is 0 Å². The predicted molar refractivity (Wildman–Crippen MR) is 83.8 cm³/mol. The molecule has 0 unspecified atom stereocenters. The highest BCUT2D eigenvalue weighted by Crippen LogP contribution is 2.38. The average molecular weight is 350 g/mol. The summed E-state index contributed by atoms with van der Waals surface area (Å²) in [5, 5.41) is 11.7. The number of halogens is 2. The maximum Gasteiger partial charge on any atom is 0.170 e. The molecule has 3 N–H and O–H groups in total. The van der Waals surface area contributed by atoms with Gasteiger partial charge in [-0.1, -0.05) is 11.2 Å². The molecular weight excluding hydrogens is 337 g/mol. The molecule has 0 radical (unpaired) electrons. The second-order valence-electron chi connectivity index (χ2n) is 4.83. The molecule has 0 atom stereocenters. The van der Waals surface area contributed by atoms with E-state index in [2.05, 4.69) is 26.0 Å². The molecule has 108 valence electrons. The van der Waals surface area contributed by atoms with Crippen LogP contribution < -0.4 is 10.6 Å². The van der Waals surface area contributed by atoms with Crippen molar-refractivity contribution in [2.45, 2.75) is 6.42 Å². The molecule has 0 bridgehead atoms. The van der Waals surface area contributed by atoms with Crippen molar-refractivity contribution in [2.75, 3.05) is 11.4 Å². The molecule has 0 spiro atoms. The standard InChI is InChI=1S/C15H13BrFN3O/c16-12-7-10(15(18)19-21)2-4-13(12)20-6-5-9-1-3-11(17)8-14(9)20/h1-4,7-8,21H,5-6H2,(H2,18,19). The smallest absolute Gasteiger partial charge is 0.170 e. The monoisotopic (exact) mass is 349 g/mol. The molecule has 0 fully saturated rings. The van der Waals surface area contributed by atoms with Crippen LogP contribution in [0.5, 0.6) is 0 Å². The fraction of sp³-hybridized carbons (Fsp3) is 0.133. The van der Waals surface area contributed by atoms with Crippen LogP contribution in [0.4, 0.5) is 15.8 Å². The van der Waals surface area contributed by atoms with Crippen LogP contribution in [0, 0.1) is 5.82 Å². The molecule has 0 saturated carbocycles. The molecule has 1 aliphatic heterocycles. The maximum absolute atomic E-state index is 13.5. The van der Waals surface area contributed by atoms with Gasteiger partial charge in [0.05, 0.1) is 5.69 Å². The highest BCUT2D eigenvalue weighted by atomic mass is 79.9. The largest absolute Gasteiger partial charge is 0.409 e. The van der Waals surface area contributed by atoms with E-state index in [1.807, 2.05) is 12.1 Å². The van der Waals surface area contributed by atoms with Gasteiger partial charge in [0, 0.05) is 22.3 Å². The number of hydrogen-bond acceptors (Lipinski definition) is 3. The highest BCUT2D eigenvalue weighted by Gasteiger charge is 2.22. The van der Waals surface area contributed by atoms with Crippen molar-refractivity contribution in [1.82, 2.24) is 0 Å². The third kappa shape index (κ3) is 2.47. The van der Waals surface area contributed by atoms with Gasteiger partial charge in [-0.15, -0.1) is 0 Å². The third-order valence-electron chi connectivity index (χ3n) is 3.58. The van der Waals surface area contributed by atoms with Gasteiger partial charge in [0.15, 0.2) is 5.84 Å². The summed E-state index contributed by atoms with van der Waals surface area (Å²) < 4.78 is 14.3. The first kappa shape index (κ1) is 13.9. The van der Waals surface area contributed by atoms with Crippen LogP contribution in [0.2, 0.25) is 0 Å². The van der Waals surface area contributed by atoms with Gasteiger partial charge in [-0.05, 0) is 58.2 Å². The van der Waals surface area contributed by atoms with E-state index in [0.29, 0.717) is 5.56 Å². The van der Waals surface area contributed by atoms with E-state index in [0.717, 1.165) is 34.4 Å². The van der Waals surface area contributed by atoms with Gasteiger partial charge < -0.3 is 15.8 Å². The summed E-state index contributed by atoms with van der Waals surface area (Å²) in [5.74, 6) is -0.194. The number of nitrogens with two attached hydrogens (primary N) is 1. The Kier molecular flexibility index (Phi) is 3.55. The zero-order chi connectivity index (χ0) is 15.0.